The molecule has 0 bridgehead atoms. The van der Waals surface area contributed by atoms with Crippen LogP contribution in [0.2, 0.25) is 0 Å². The van der Waals surface area contributed by atoms with Gasteiger partial charge in [0.05, 0.1) is 71.2 Å². The summed E-state index contributed by atoms with van der Waals surface area (Å²) >= 11 is 0. The minimum absolute atomic E-state index is 0.0502. The summed E-state index contributed by atoms with van der Waals surface area (Å²) in [6.45, 7) is 7.25. The van der Waals surface area contributed by atoms with Crippen molar-refractivity contribution in [1.82, 2.24) is 26.6 Å². The third-order valence-electron chi connectivity index (χ3n) is 8.48. The Hall–Kier alpha value is -3.35. The number of epoxide rings is 2. The predicted molar refractivity (Wildman–Crippen MR) is 171 cm³/mol. The molecule has 6 atom stereocenters. The van der Waals surface area contributed by atoms with Crippen LogP contribution < -0.4 is 32.3 Å². The molecule has 1 aliphatic carbocycles. The largest absolute Gasteiger partial charge is 0.443 e. The number of carbonyl (C=O) groups is 5. The molecule has 17 heteroatoms. The molecular weight excluding hydrogens is 632 g/mol. The van der Waals surface area contributed by atoms with E-state index < -0.39 is 41.4 Å². The normalized spacial score (nSPS) is 26.9. The van der Waals surface area contributed by atoms with Crippen molar-refractivity contribution in [1.29, 1.82) is 0 Å². The van der Waals surface area contributed by atoms with E-state index in [0.29, 0.717) is 13.0 Å². The quantitative estimate of drug-likeness (QED) is 0.0449. The average molecular weight is 685 g/mol. The Bertz CT molecular complexity index is 1150. The lowest BCUT2D eigenvalue weighted by molar-refractivity contribution is -0.128. The summed E-state index contributed by atoms with van der Waals surface area (Å²) in [5.74, 6) is -2.10. The smallest absolute Gasteiger partial charge is 0.407 e. The van der Waals surface area contributed by atoms with Gasteiger partial charge in [0.25, 0.3) is 0 Å². The van der Waals surface area contributed by atoms with Crippen molar-refractivity contribution >= 4 is 29.7 Å². The number of hydrogen-bond acceptors (Lipinski definition) is 12. The molecule has 3 rings (SSSR count). The standard InChI is InChI=1S/C31H52N6O11/c1-20(2)5-6-22-30(3,48-22)28-27(43-4)21(7-8-31(28)19-46-31)47-29(42)34-10-12-45-14-13-44-11-9-33-24(39)16-36-26(41)18-37-25(40)17-35-23(38)15-32/h5,21-22,27-28H,6-19,32H2,1-4H3,(H,33,39)(H,34,42)(H,35,38)(H,36,41)(H,37,40)/t21?,22-,27?,28?,30?,31+/m1/s1. The second-order valence-corrected chi connectivity index (χ2v) is 12.4. The SMILES string of the molecule is COC1C(OC(=O)NCCOCCOCCNC(=O)CNC(=O)CNC(=O)CNC(=O)CN)CC[C@]2(CO2)C1C1(C)O[C@@H]1CC=C(C)C. The number of alkyl carbamates (subject to hydrolysis) is 1. The molecule has 0 aromatic heterocycles. The van der Waals surface area contributed by atoms with Crippen molar-refractivity contribution in [2.24, 2.45) is 11.7 Å². The fraction of sp³-hybridized carbons (Fsp3) is 0.774. The maximum absolute atomic E-state index is 12.6. The van der Waals surface area contributed by atoms with E-state index in [1.807, 2.05) is 0 Å². The third kappa shape index (κ3) is 12.3. The molecule has 2 aliphatic heterocycles. The Morgan fingerprint density at radius 1 is 0.854 bits per heavy atom. The fourth-order valence-corrected chi connectivity index (χ4v) is 5.86. The summed E-state index contributed by atoms with van der Waals surface area (Å²) in [6, 6.07) is 0. The molecule has 5 amide bonds. The first kappa shape index (κ1) is 39.1. The van der Waals surface area contributed by atoms with Gasteiger partial charge in [-0.05, 0) is 40.0 Å². The van der Waals surface area contributed by atoms with Gasteiger partial charge in [-0.25, -0.2) is 4.79 Å². The zero-order valence-corrected chi connectivity index (χ0v) is 28.4. The lowest BCUT2D eigenvalue weighted by Gasteiger charge is -2.42. The molecule has 0 aromatic rings. The number of hydrogen-bond donors (Lipinski definition) is 6. The van der Waals surface area contributed by atoms with E-state index in [4.69, 9.17) is 34.2 Å². The van der Waals surface area contributed by atoms with E-state index in [2.05, 4.69) is 53.4 Å². The highest BCUT2D eigenvalue weighted by molar-refractivity contribution is 5.90. The van der Waals surface area contributed by atoms with E-state index >= 15 is 0 Å². The molecule has 3 aliphatic rings. The van der Waals surface area contributed by atoms with Crippen LogP contribution in [-0.2, 0) is 47.6 Å². The van der Waals surface area contributed by atoms with Crippen molar-refractivity contribution in [3.05, 3.63) is 11.6 Å². The van der Waals surface area contributed by atoms with Gasteiger partial charge in [-0.3, -0.25) is 19.2 Å². The van der Waals surface area contributed by atoms with Gasteiger partial charge in [-0.1, -0.05) is 11.6 Å². The lowest BCUT2D eigenvalue weighted by atomic mass is 9.68. The summed E-state index contributed by atoms with van der Waals surface area (Å²) in [7, 11) is 1.64. The van der Waals surface area contributed by atoms with E-state index in [0.717, 1.165) is 12.8 Å². The van der Waals surface area contributed by atoms with Crippen LogP contribution in [0.1, 0.15) is 40.0 Å². The second-order valence-electron chi connectivity index (χ2n) is 12.4. The minimum atomic E-state index is -0.565. The second kappa shape index (κ2) is 19.0. The summed E-state index contributed by atoms with van der Waals surface area (Å²) < 4.78 is 34.8. The van der Waals surface area contributed by atoms with Gasteiger partial charge in [0.15, 0.2) is 0 Å². The maximum atomic E-state index is 12.6. The highest BCUT2D eigenvalue weighted by Gasteiger charge is 2.72. The maximum Gasteiger partial charge on any atom is 0.407 e. The fourth-order valence-electron chi connectivity index (χ4n) is 5.86. The summed E-state index contributed by atoms with van der Waals surface area (Å²) in [5.41, 5.74) is 5.66. The van der Waals surface area contributed by atoms with Crippen LogP contribution >= 0.6 is 0 Å². The topological polar surface area (TPSA) is 234 Å². The first-order chi connectivity index (χ1) is 22.9. The Balaban J connectivity index is 1.19. The van der Waals surface area contributed by atoms with Gasteiger partial charge in [-0.2, -0.15) is 0 Å². The van der Waals surface area contributed by atoms with E-state index in [1.54, 1.807) is 7.11 Å². The Morgan fingerprint density at radius 2 is 1.42 bits per heavy atom. The number of nitrogens with two attached hydrogens (primary N) is 1. The molecule has 17 nitrogen and oxygen atoms in total. The van der Waals surface area contributed by atoms with Crippen LogP contribution in [0.5, 0.6) is 0 Å². The Kier molecular flexibility index (Phi) is 15.5. The van der Waals surface area contributed by atoms with Crippen molar-refractivity contribution in [3.63, 3.8) is 0 Å². The zero-order chi connectivity index (χ0) is 35.2. The molecule has 7 N–H and O–H groups in total. The number of amides is 5. The van der Waals surface area contributed by atoms with Crippen LogP contribution in [0.15, 0.2) is 11.6 Å². The lowest BCUT2D eigenvalue weighted by Crippen LogP contribution is -2.56. The summed E-state index contributed by atoms with van der Waals surface area (Å²) in [5, 5.41) is 12.2. The first-order valence-electron chi connectivity index (χ1n) is 16.3. The van der Waals surface area contributed by atoms with Crippen LogP contribution in [0.4, 0.5) is 4.79 Å². The number of rotatable bonds is 21. The zero-order valence-electron chi connectivity index (χ0n) is 28.4. The molecule has 48 heavy (non-hydrogen) atoms. The van der Waals surface area contributed by atoms with E-state index in [9.17, 15) is 24.0 Å². The highest BCUT2D eigenvalue weighted by atomic mass is 16.6. The van der Waals surface area contributed by atoms with Crippen molar-refractivity contribution in [3.8, 4) is 0 Å². The number of nitrogens with one attached hydrogen (secondary N) is 5. The number of carbonyl (C=O) groups excluding carboxylic acids is 5. The van der Waals surface area contributed by atoms with Gasteiger partial charge >= 0.3 is 6.09 Å². The van der Waals surface area contributed by atoms with E-state index in [1.165, 1.54) is 5.57 Å². The molecule has 0 radical (unpaired) electrons. The highest BCUT2D eigenvalue weighted by Crippen LogP contribution is 2.59. The Morgan fingerprint density at radius 3 is 1.96 bits per heavy atom. The number of ether oxygens (including phenoxy) is 6. The molecule has 0 aromatic carbocycles. The van der Waals surface area contributed by atoms with Crippen molar-refractivity contribution < 1.29 is 52.4 Å². The molecule has 1 saturated carbocycles. The third-order valence-corrected chi connectivity index (χ3v) is 8.48. The molecule has 2 saturated heterocycles. The summed E-state index contributed by atoms with van der Waals surface area (Å²) in [6.07, 6.45) is 3.16. The van der Waals surface area contributed by atoms with Crippen molar-refractivity contribution in [2.45, 2.75) is 69.5 Å². The first-order valence-corrected chi connectivity index (χ1v) is 16.3. The molecule has 1 spiro atoms. The summed E-state index contributed by atoms with van der Waals surface area (Å²) in [4.78, 5) is 58.7. The van der Waals surface area contributed by atoms with Crippen LogP contribution in [0.25, 0.3) is 0 Å². The molecule has 272 valence electrons. The van der Waals surface area contributed by atoms with Gasteiger partial charge in [-0.15, -0.1) is 0 Å². The van der Waals surface area contributed by atoms with Crippen LogP contribution in [0.3, 0.4) is 0 Å². The number of allylic oxidation sites excluding steroid dienone is 1. The van der Waals surface area contributed by atoms with Crippen LogP contribution in [-0.4, -0.2) is 139 Å². The minimum Gasteiger partial charge on any atom is -0.443 e. The monoisotopic (exact) mass is 684 g/mol. The molecule has 4 unspecified atom stereocenters. The van der Waals surface area contributed by atoms with Gasteiger partial charge in [0, 0.05) is 20.2 Å². The van der Waals surface area contributed by atoms with Gasteiger partial charge in [0.1, 0.15) is 23.4 Å². The molecule has 3 fully saturated rings. The van der Waals surface area contributed by atoms with E-state index in [-0.39, 0.29) is 89.4 Å². The number of methoxy groups -OCH3 is 1. The Labute approximate surface area is 281 Å². The molecule has 2 heterocycles. The molecular formula is C31H52N6O11. The van der Waals surface area contributed by atoms with Crippen molar-refractivity contribution in [2.75, 3.05) is 79.4 Å². The van der Waals surface area contributed by atoms with Gasteiger partial charge < -0.3 is 60.7 Å². The average Bonchev–Trinajstić information content (AvgIpc) is 3.98. The van der Waals surface area contributed by atoms with Gasteiger partial charge in [0.2, 0.25) is 23.6 Å². The predicted octanol–water partition coefficient (Wildman–Crippen LogP) is -1.75. The van der Waals surface area contributed by atoms with Crippen LogP contribution in [0, 0.1) is 5.92 Å².